The second-order valence-electron chi connectivity index (χ2n) is 7.11. The molecule has 0 heterocycles. The first kappa shape index (κ1) is 17.7. The molecule has 1 aromatic carbocycles. The number of hydrogen-bond acceptors (Lipinski definition) is 3. The summed E-state index contributed by atoms with van der Waals surface area (Å²) in [6.45, 7) is 2.99. The predicted molar refractivity (Wildman–Crippen MR) is 96.7 cm³/mol. The maximum atomic E-state index is 10.9. The summed E-state index contributed by atoms with van der Waals surface area (Å²) in [6.07, 6.45) is 5.73. The molecule has 2 N–H and O–H groups in total. The van der Waals surface area contributed by atoms with Gasteiger partial charge in [-0.3, -0.25) is 9.69 Å². The molecule has 0 bridgehead atoms. The van der Waals surface area contributed by atoms with Crippen LogP contribution in [-0.4, -0.2) is 47.2 Å². The minimum absolute atomic E-state index is 0.152. The second-order valence-corrected chi connectivity index (χ2v) is 7.52. The van der Waals surface area contributed by atoms with Crippen LogP contribution in [0.5, 0.6) is 0 Å². The van der Waals surface area contributed by atoms with Crippen molar-refractivity contribution in [2.24, 2.45) is 0 Å². The largest absolute Gasteiger partial charge is 0.480 e. The van der Waals surface area contributed by atoms with E-state index in [9.17, 15) is 4.79 Å². The lowest BCUT2D eigenvalue weighted by Crippen LogP contribution is -2.55. The molecule has 0 spiro atoms. The van der Waals surface area contributed by atoms with Gasteiger partial charge in [-0.25, -0.2) is 0 Å². The molecule has 3 rings (SSSR count). The highest BCUT2D eigenvalue weighted by Crippen LogP contribution is 2.39. The molecule has 0 radical (unpaired) electrons. The van der Waals surface area contributed by atoms with Gasteiger partial charge in [-0.1, -0.05) is 43.1 Å². The van der Waals surface area contributed by atoms with Crippen LogP contribution in [0.4, 0.5) is 0 Å². The third-order valence-corrected chi connectivity index (χ3v) is 5.99. The molecule has 132 valence electrons. The minimum Gasteiger partial charge on any atom is -0.480 e. The predicted octanol–water partition coefficient (Wildman–Crippen LogP) is 3.50. The van der Waals surface area contributed by atoms with Gasteiger partial charge in [0.05, 0.1) is 6.54 Å². The Hall–Kier alpha value is -1.10. The van der Waals surface area contributed by atoms with E-state index in [2.05, 4.69) is 22.3 Å². The zero-order valence-electron chi connectivity index (χ0n) is 14.2. The van der Waals surface area contributed by atoms with Crippen LogP contribution in [0.1, 0.15) is 50.5 Å². The van der Waals surface area contributed by atoms with Crippen LogP contribution in [0.25, 0.3) is 0 Å². The average Bonchev–Trinajstić information content (AvgIpc) is 2.97. The zero-order valence-corrected chi connectivity index (χ0v) is 15.0. The fourth-order valence-corrected chi connectivity index (χ4v) is 4.58. The SMILES string of the molecule is CCN(CC(=O)O)C1CC(NC2CCCC2c2ccccc2Cl)C1. The quantitative estimate of drug-likeness (QED) is 0.790. The molecule has 2 atom stereocenters. The van der Waals surface area contributed by atoms with Crippen LogP contribution >= 0.6 is 11.6 Å². The highest BCUT2D eigenvalue weighted by molar-refractivity contribution is 6.31. The first-order valence-electron chi connectivity index (χ1n) is 9.04. The van der Waals surface area contributed by atoms with Crippen LogP contribution in [-0.2, 0) is 4.79 Å². The van der Waals surface area contributed by atoms with Crippen molar-refractivity contribution in [1.82, 2.24) is 10.2 Å². The van der Waals surface area contributed by atoms with E-state index in [1.165, 1.54) is 24.8 Å². The molecule has 2 fully saturated rings. The van der Waals surface area contributed by atoms with Crippen LogP contribution in [0.2, 0.25) is 5.02 Å². The molecule has 24 heavy (non-hydrogen) atoms. The molecule has 1 aromatic rings. The maximum Gasteiger partial charge on any atom is 0.317 e. The van der Waals surface area contributed by atoms with Gasteiger partial charge in [0.15, 0.2) is 0 Å². The Morgan fingerprint density at radius 1 is 1.33 bits per heavy atom. The number of carboxylic acid groups (broad SMARTS) is 1. The summed E-state index contributed by atoms with van der Waals surface area (Å²) < 4.78 is 0. The molecule has 4 nitrogen and oxygen atoms in total. The fraction of sp³-hybridized carbons (Fsp3) is 0.632. The first-order valence-corrected chi connectivity index (χ1v) is 9.42. The molecule has 2 saturated carbocycles. The van der Waals surface area contributed by atoms with Gasteiger partial charge in [0.1, 0.15) is 0 Å². The number of hydrogen-bond donors (Lipinski definition) is 2. The van der Waals surface area contributed by atoms with E-state index in [0.29, 0.717) is 24.0 Å². The normalized spacial score (nSPS) is 29.6. The average molecular weight is 351 g/mol. The van der Waals surface area contributed by atoms with E-state index >= 15 is 0 Å². The highest BCUT2D eigenvalue weighted by Gasteiger charge is 2.38. The van der Waals surface area contributed by atoms with Crippen molar-refractivity contribution in [3.63, 3.8) is 0 Å². The van der Waals surface area contributed by atoms with Crippen molar-refractivity contribution in [2.75, 3.05) is 13.1 Å². The van der Waals surface area contributed by atoms with Gasteiger partial charge >= 0.3 is 5.97 Å². The molecular weight excluding hydrogens is 324 g/mol. The number of carboxylic acids is 1. The Labute approximate surface area is 149 Å². The second kappa shape index (κ2) is 7.85. The zero-order chi connectivity index (χ0) is 17.1. The van der Waals surface area contributed by atoms with Crippen molar-refractivity contribution in [3.8, 4) is 0 Å². The van der Waals surface area contributed by atoms with Crippen LogP contribution in [0.15, 0.2) is 24.3 Å². The van der Waals surface area contributed by atoms with Crippen LogP contribution < -0.4 is 5.32 Å². The third-order valence-electron chi connectivity index (χ3n) is 5.64. The lowest BCUT2D eigenvalue weighted by atomic mass is 9.83. The van der Waals surface area contributed by atoms with Gasteiger partial charge in [-0.15, -0.1) is 0 Å². The Balaban J connectivity index is 1.54. The number of halogens is 1. The van der Waals surface area contributed by atoms with Crippen molar-refractivity contribution in [2.45, 2.75) is 63.1 Å². The Kier molecular flexibility index (Phi) is 5.80. The first-order chi connectivity index (χ1) is 11.6. The number of likely N-dealkylation sites (N-methyl/N-ethyl adjacent to an activating group) is 1. The van der Waals surface area contributed by atoms with E-state index in [0.717, 1.165) is 24.4 Å². The molecule has 0 aromatic heterocycles. The number of carbonyl (C=O) groups is 1. The summed E-state index contributed by atoms with van der Waals surface area (Å²) in [5, 5.41) is 13.7. The summed E-state index contributed by atoms with van der Waals surface area (Å²) in [4.78, 5) is 13.0. The van der Waals surface area contributed by atoms with E-state index in [1.54, 1.807) is 0 Å². The summed E-state index contributed by atoms with van der Waals surface area (Å²) >= 11 is 6.40. The molecule has 0 saturated heterocycles. The van der Waals surface area contributed by atoms with E-state index in [-0.39, 0.29) is 6.54 Å². The highest BCUT2D eigenvalue weighted by atomic mass is 35.5. The van der Waals surface area contributed by atoms with E-state index in [4.69, 9.17) is 16.7 Å². The molecule has 0 amide bonds. The van der Waals surface area contributed by atoms with Crippen molar-refractivity contribution >= 4 is 17.6 Å². The lowest BCUT2D eigenvalue weighted by Gasteiger charge is -2.44. The Morgan fingerprint density at radius 3 is 2.75 bits per heavy atom. The van der Waals surface area contributed by atoms with Crippen LogP contribution in [0, 0.1) is 0 Å². The van der Waals surface area contributed by atoms with Crippen molar-refractivity contribution in [1.29, 1.82) is 0 Å². The van der Waals surface area contributed by atoms with E-state index in [1.807, 2.05) is 19.1 Å². The summed E-state index contributed by atoms with van der Waals surface area (Å²) in [5.41, 5.74) is 1.27. The fourth-order valence-electron chi connectivity index (χ4n) is 4.31. The molecule has 2 unspecified atom stereocenters. The van der Waals surface area contributed by atoms with Crippen molar-refractivity contribution < 1.29 is 9.90 Å². The summed E-state index contributed by atoms with van der Waals surface area (Å²) in [5.74, 6) is -0.234. The van der Waals surface area contributed by atoms with Gasteiger partial charge in [-0.05, 0) is 43.9 Å². The number of rotatable bonds is 7. The smallest absolute Gasteiger partial charge is 0.317 e. The Morgan fingerprint density at radius 2 is 2.08 bits per heavy atom. The summed E-state index contributed by atoms with van der Waals surface area (Å²) in [7, 11) is 0. The van der Waals surface area contributed by atoms with E-state index < -0.39 is 5.97 Å². The number of nitrogens with one attached hydrogen (secondary N) is 1. The topological polar surface area (TPSA) is 52.6 Å². The summed E-state index contributed by atoms with van der Waals surface area (Å²) in [6, 6.07) is 9.60. The minimum atomic E-state index is -0.733. The monoisotopic (exact) mass is 350 g/mol. The molecular formula is C19H27ClN2O2. The van der Waals surface area contributed by atoms with Gasteiger partial charge in [0, 0.05) is 29.1 Å². The number of nitrogens with zero attached hydrogens (tertiary/aromatic N) is 1. The number of benzene rings is 1. The third kappa shape index (κ3) is 3.93. The number of aliphatic carboxylic acids is 1. The molecule has 5 heteroatoms. The molecule has 2 aliphatic carbocycles. The van der Waals surface area contributed by atoms with Gasteiger partial charge in [0.25, 0.3) is 0 Å². The maximum absolute atomic E-state index is 10.9. The lowest BCUT2D eigenvalue weighted by molar-refractivity contribution is -0.139. The molecule has 2 aliphatic rings. The van der Waals surface area contributed by atoms with Gasteiger partial charge in [-0.2, -0.15) is 0 Å². The van der Waals surface area contributed by atoms with Gasteiger partial charge < -0.3 is 10.4 Å². The standard InChI is InChI=1S/C19H27ClN2O2/c1-2-22(12-19(23)24)14-10-13(11-14)21-18-9-5-7-16(18)15-6-3-4-8-17(15)20/h3-4,6,8,13-14,16,18,21H,2,5,7,9-12H2,1H3,(H,23,24). The van der Waals surface area contributed by atoms with Crippen LogP contribution in [0.3, 0.4) is 0 Å². The Bertz CT molecular complexity index is 574. The van der Waals surface area contributed by atoms with Gasteiger partial charge in [0.2, 0.25) is 0 Å². The molecule has 0 aliphatic heterocycles. The van der Waals surface area contributed by atoms with Crippen molar-refractivity contribution in [3.05, 3.63) is 34.9 Å².